The normalized spacial score (nSPS) is 15.8. The molecule has 0 fully saturated rings. The minimum Gasteiger partial charge on any atom is -0.497 e. The van der Waals surface area contributed by atoms with Crippen molar-refractivity contribution in [3.8, 4) is 5.75 Å². The van der Waals surface area contributed by atoms with Gasteiger partial charge in [-0.1, -0.05) is 17.8 Å². The van der Waals surface area contributed by atoms with Gasteiger partial charge in [-0.05, 0) is 48.9 Å². The van der Waals surface area contributed by atoms with Crippen LogP contribution in [0.3, 0.4) is 0 Å². The lowest BCUT2D eigenvalue weighted by Gasteiger charge is -2.27. The molecule has 2 aromatic heterocycles. The number of hydrogen-bond acceptors (Lipinski definition) is 7. The molecule has 3 aromatic rings. The molecule has 1 aromatic carbocycles. The number of carbonyl (C=O) groups is 1. The van der Waals surface area contributed by atoms with E-state index in [9.17, 15) is 4.79 Å². The molecule has 0 radical (unpaired) electrons. The van der Waals surface area contributed by atoms with Crippen LogP contribution in [0.5, 0.6) is 5.75 Å². The number of thiophene rings is 1. The van der Waals surface area contributed by atoms with Crippen LogP contribution in [0.2, 0.25) is 0 Å². The minimum atomic E-state index is -0.331. The van der Waals surface area contributed by atoms with E-state index < -0.39 is 0 Å². The van der Waals surface area contributed by atoms with Gasteiger partial charge in [-0.2, -0.15) is 4.98 Å². The molecule has 0 unspecified atom stereocenters. The van der Waals surface area contributed by atoms with E-state index in [1.807, 2.05) is 55.0 Å². The second-order valence-corrected chi connectivity index (χ2v) is 7.88. The van der Waals surface area contributed by atoms with Gasteiger partial charge in [0, 0.05) is 16.3 Å². The molecule has 0 saturated heterocycles. The zero-order valence-corrected chi connectivity index (χ0v) is 17.2. The van der Waals surface area contributed by atoms with Crippen LogP contribution in [0.15, 0.2) is 58.2 Å². The van der Waals surface area contributed by atoms with Gasteiger partial charge < -0.3 is 15.4 Å². The van der Waals surface area contributed by atoms with E-state index in [0.29, 0.717) is 22.4 Å². The monoisotopic (exact) mass is 413 g/mol. The summed E-state index contributed by atoms with van der Waals surface area (Å²) in [5.74, 6) is 1.20. The van der Waals surface area contributed by atoms with Gasteiger partial charge in [0.15, 0.2) is 0 Å². The van der Waals surface area contributed by atoms with E-state index in [1.54, 1.807) is 23.1 Å². The average molecular weight is 414 g/mol. The molecule has 0 saturated carbocycles. The number of carbonyl (C=O) groups excluding carboxylic acids is 1. The number of anilines is 2. The summed E-state index contributed by atoms with van der Waals surface area (Å²) >= 11 is 3.06. The molecule has 3 heterocycles. The number of thioether (sulfide) groups is 1. The maximum absolute atomic E-state index is 13.2. The fraction of sp³-hybridized carbons (Fsp3) is 0.211. The van der Waals surface area contributed by atoms with Crippen molar-refractivity contribution in [1.29, 1.82) is 0 Å². The Morgan fingerprint density at radius 3 is 2.75 bits per heavy atom. The van der Waals surface area contributed by atoms with Crippen molar-refractivity contribution < 1.29 is 9.53 Å². The van der Waals surface area contributed by atoms with Crippen LogP contribution in [-0.4, -0.2) is 34.0 Å². The zero-order chi connectivity index (χ0) is 19.7. The first kappa shape index (κ1) is 18.6. The highest BCUT2D eigenvalue weighted by Gasteiger charge is 2.34. The van der Waals surface area contributed by atoms with E-state index >= 15 is 0 Å². The molecule has 1 aliphatic heterocycles. The van der Waals surface area contributed by atoms with Crippen molar-refractivity contribution in [3.05, 3.63) is 57.9 Å². The van der Waals surface area contributed by atoms with Gasteiger partial charge in [0.2, 0.25) is 11.1 Å². The number of ether oxygens (including phenoxy) is 1. The van der Waals surface area contributed by atoms with Gasteiger partial charge >= 0.3 is 0 Å². The summed E-state index contributed by atoms with van der Waals surface area (Å²) in [6, 6.07) is 10.9. The second-order valence-electron chi connectivity index (χ2n) is 6.13. The smallest absolute Gasteiger partial charge is 0.255 e. The molecule has 1 amide bonds. The molecule has 0 aliphatic carbocycles. The van der Waals surface area contributed by atoms with Gasteiger partial charge in [0.05, 0.1) is 12.7 Å². The lowest BCUT2D eigenvalue weighted by Crippen LogP contribution is -2.31. The number of nitrogens with zero attached hydrogens (tertiary/aromatic N) is 3. The number of benzene rings is 1. The Bertz CT molecular complexity index is 1030. The quantitative estimate of drug-likeness (QED) is 0.616. The summed E-state index contributed by atoms with van der Waals surface area (Å²) in [6.45, 7) is 1.89. The molecule has 1 atom stereocenters. The minimum absolute atomic E-state index is 0.180. The maximum atomic E-state index is 13.2. The fourth-order valence-electron chi connectivity index (χ4n) is 3.09. The van der Waals surface area contributed by atoms with Gasteiger partial charge in [-0.15, -0.1) is 16.4 Å². The molecule has 4 rings (SSSR count). The molecule has 144 valence electrons. The maximum Gasteiger partial charge on any atom is 0.255 e. The number of hydrogen-bond donors (Lipinski definition) is 2. The summed E-state index contributed by atoms with van der Waals surface area (Å²) in [4.78, 5) is 18.8. The van der Waals surface area contributed by atoms with Gasteiger partial charge in [0.1, 0.15) is 11.8 Å². The van der Waals surface area contributed by atoms with Crippen LogP contribution in [0.1, 0.15) is 17.8 Å². The first-order valence-corrected chi connectivity index (χ1v) is 10.7. The average Bonchev–Trinajstić information content (AvgIpc) is 3.37. The predicted octanol–water partition coefficient (Wildman–Crippen LogP) is 4.00. The van der Waals surface area contributed by atoms with Crippen molar-refractivity contribution in [3.63, 3.8) is 0 Å². The van der Waals surface area contributed by atoms with E-state index in [-0.39, 0.29) is 11.9 Å². The highest BCUT2D eigenvalue weighted by molar-refractivity contribution is 7.98. The Balaban J connectivity index is 1.71. The molecule has 0 bridgehead atoms. The number of aromatic nitrogens is 3. The lowest BCUT2D eigenvalue weighted by atomic mass is 10.0. The molecule has 7 nitrogen and oxygen atoms in total. The van der Waals surface area contributed by atoms with Crippen molar-refractivity contribution in [2.75, 3.05) is 24.0 Å². The third-order valence-electron chi connectivity index (χ3n) is 4.42. The largest absolute Gasteiger partial charge is 0.497 e. The summed E-state index contributed by atoms with van der Waals surface area (Å²) in [6.07, 6.45) is 1.93. The third-order valence-corrected chi connectivity index (χ3v) is 5.88. The van der Waals surface area contributed by atoms with E-state index in [2.05, 4.69) is 20.7 Å². The Kier molecular flexibility index (Phi) is 5.10. The highest BCUT2D eigenvalue weighted by atomic mass is 32.2. The Morgan fingerprint density at radius 2 is 2.11 bits per heavy atom. The standard InChI is InChI=1S/C19H19N5O2S2/c1-11-15(17(25)21-12-6-8-13(26-2)9-7-12)16(14-5-4-10-28-14)24-18(20-11)22-19(23-24)27-3/h4-10,16H,1-3H3,(H,21,25)(H,20,22,23)/t16-/m0/s1. The van der Waals surface area contributed by atoms with Crippen molar-refractivity contribution >= 4 is 40.6 Å². The summed E-state index contributed by atoms with van der Waals surface area (Å²) in [7, 11) is 1.61. The number of fused-ring (bicyclic) bond motifs is 1. The first-order chi connectivity index (χ1) is 13.6. The Hall–Kier alpha value is -2.78. The first-order valence-electron chi connectivity index (χ1n) is 8.58. The van der Waals surface area contributed by atoms with Gasteiger partial charge in [0.25, 0.3) is 5.91 Å². The number of nitrogens with one attached hydrogen (secondary N) is 2. The van der Waals surface area contributed by atoms with Crippen molar-refractivity contribution in [2.24, 2.45) is 0 Å². The highest BCUT2D eigenvalue weighted by Crippen LogP contribution is 2.38. The number of rotatable bonds is 5. The molecule has 1 aliphatic rings. The number of allylic oxidation sites excluding steroid dienone is 1. The second kappa shape index (κ2) is 7.69. The molecule has 28 heavy (non-hydrogen) atoms. The SMILES string of the molecule is COc1ccc(NC(=O)C2=C(C)Nc3nc(SC)nn3[C@H]2c2cccs2)cc1. The molecular formula is C19H19N5O2S2. The fourth-order valence-corrected chi connectivity index (χ4v) is 4.26. The Morgan fingerprint density at radius 1 is 1.32 bits per heavy atom. The van der Waals surface area contributed by atoms with Crippen molar-refractivity contribution in [2.45, 2.75) is 18.1 Å². The summed E-state index contributed by atoms with van der Waals surface area (Å²) in [5.41, 5.74) is 2.07. The molecule has 9 heteroatoms. The van der Waals surface area contributed by atoms with Crippen LogP contribution >= 0.6 is 23.1 Å². The van der Waals surface area contributed by atoms with E-state index in [0.717, 1.165) is 16.3 Å². The topological polar surface area (TPSA) is 81.1 Å². The summed E-state index contributed by atoms with van der Waals surface area (Å²) in [5, 5.41) is 13.4. The molecule has 2 N–H and O–H groups in total. The predicted molar refractivity (Wildman–Crippen MR) is 112 cm³/mol. The third kappa shape index (κ3) is 3.38. The van der Waals surface area contributed by atoms with E-state index in [1.165, 1.54) is 11.8 Å². The Labute approximate surface area is 170 Å². The zero-order valence-electron chi connectivity index (χ0n) is 15.6. The van der Waals surface area contributed by atoms with Crippen molar-refractivity contribution in [1.82, 2.24) is 14.8 Å². The molecular weight excluding hydrogens is 394 g/mol. The van der Waals surface area contributed by atoms with Crippen LogP contribution in [0.25, 0.3) is 0 Å². The van der Waals surface area contributed by atoms with Gasteiger partial charge in [-0.25, -0.2) is 4.68 Å². The van der Waals surface area contributed by atoms with E-state index in [4.69, 9.17) is 4.74 Å². The van der Waals surface area contributed by atoms with Gasteiger partial charge in [-0.3, -0.25) is 4.79 Å². The molecule has 0 spiro atoms. The van der Waals surface area contributed by atoms with Crippen LogP contribution in [0.4, 0.5) is 11.6 Å². The number of amides is 1. The lowest BCUT2D eigenvalue weighted by molar-refractivity contribution is -0.113. The van der Waals surface area contributed by atoms with Crippen LogP contribution < -0.4 is 15.4 Å². The van der Waals surface area contributed by atoms with Crippen LogP contribution in [0, 0.1) is 0 Å². The van der Waals surface area contributed by atoms with Crippen LogP contribution in [-0.2, 0) is 4.79 Å². The summed E-state index contributed by atoms with van der Waals surface area (Å²) < 4.78 is 6.96. The number of methoxy groups -OCH3 is 1.